The van der Waals surface area contributed by atoms with Gasteiger partial charge in [-0.05, 0) is 18.9 Å². The van der Waals surface area contributed by atoms with E-state index < -0.39 is 11.9 Å². The Balaban J connectivity index is 2.74. The van der Waals surface area contributed by atoms with Gasteiger partial charge in [0.05, 0.1) is 5.92 Å². The highest BCUT2D eigenvalue weighted by Gasteiger charge is 2.13. The van der Waals surface area contributed by atoms with Crippen LogP contribution in [-0.2, 0) is 4.79 Å². The van der Waals surface area contributed by atoms with Crippen LogP contribution in [0, 0.1) is 0 Å². The van der Waals surface area contributed by atoms with Gasteiger partial charge in [-0.3, -0.25) is 9.59 Å². The summed E-state index contributed by atoms with van der Waals surface area (Å²) in [5.41, 5.74) is 1.39. The molecule has 1 rings (SSSR count). The van der Waals surface area contributed by atoms with Crippen molar-refractivity contribution in [2.75, 3.05) is 0 Å². The second-order valence-electron chi connectivity index (χ2n) is 4.21. The van der Waals surface area contributed by atoms with Crippen molar-refractivity contribution in [3.8, 4) is 0 Å². The number of carbonyl (C=O) groups is 2. The van der Waals surface area contributed by atoms with E-state index in [9.17, 15) is 9.59 Å². The van der Waals surface area contributed by atoms with Crippen LogP contribution in [0.1, 0.15) is 54.9 Å². The molecule has 92 valence electrons. The molecule has 1 aromatic rings. The van der Waals surface area contributed by atoms with E-state index in [1.54, 1.807) is 31.2 Å². The van der Waals surface area contributed by atoms with Crippen molar-refractivity contribution in [2.45, 2.75) is 39.0 Å². The molecule has 0 fully saturated rings. The fourth-order valence-electron chi connectivity index (χ4n) is 1.58. The van der Waals surface area contributed by atoms with Gasteiger partial charge in [0.15, 0.2) is 5.78 Å². The predicted octanol–water partition coefficient (Wildman–Crippen LogP) is 3.25. The maximum atomic E-state index is 11.7. The van der Waals surface area contributed by atoms with Crippen molar-refractivity contribution in [3.05, 3.63) is 35.4 Å². The summed E-state index contributed by atoms with van der Waals surface area (Å²) in [5.74, 6) is -1.26. The number of hydrogen-bond donors (Lipinski definition) is 1. The number of carboxylic acid groups (broad SMARTS) is 1. The van der Waals surface area contributed by atoms with E-state index >= 15 is 0 Å². The SMILES string of the molecule is CCCCC(=O)c1ccc(C(C)C(=O)O)cc1. The van der Waals surface area contributed by atoms with E-state index in [2.05, 4.69) is 0 Å². The van der Waals surface area contributed by atoms with Gasteiger partial charge in [0, 0.05) is 12.0 Å². The Morgan fingerprint density at radius 1 is 1.24 bits per heavy atom. The van der Waals surface area contributed by atoms with Gasteiger partial charge in [-0.15, -0.1) is 0 Å². The maximum absolute atomic E-state index is 11.7. The summed E-state index contributed by atoms with van der Waals surface area (Å²) in [6, 6.07) is 6.87. The largest absolute Gasteiger partial charge is 0.481 e. The van der Waals surface area contributed by atoms with Crippen LogP contribution in [0.2, 0.25) is 0 Å². The molecule has 0 heterocycles. The van der Waals surface area contributed by atoms with Crippen molar-refractivity contribution in [2.24, 2.45) is 0 Å². The Labute approximate surface area is 101 Å². The van der Waals surface area contributed by atoms with E-state index in [1.807, 2.05) is 6.92 Å². The molecule has 17 heavy (non-hydrogen) atoms. The van der Waals surface area contributed by atoms with Crippen molar-refractivity contribution in [1.82, 2.24) is 0 Å². The van der Waals surface area contributed by atoms with Crippen LogP contribution in [0.5, 0.6) is 0 Å². The summed E-state index contributed by atoms with van der Waals surface area (Å²) in [6.07, 6.45) is 2.45. The molecule has 0 spiro atoms. The molecule has 1 aromatic carbocycles. The Kier molecular flexibility index (Phi) is 4.88. The van der Waals surface area contributed by atoms with Crippen molar-refractivity contribution >= 4 is 11.8 Å². The number of aliphatic carboxylic acids is 1. The van der Waals surface area contributed by atoms with Crippen LogP contribution in [0.3, 0.4) is 0 Å². The van der Waals surface area contributed by atoms with Crippen molar-refractivity contribution in [3.63, 3.8) is 0 Å². The zero-order valence-corrected chi connectivity index (χ0v) is 10.3. The van der Waals surface area contributed by atoms with Crippen molar-refractivity contribution < 1.29 is 14.7 Å². The molecule has 0 aliphatic rings. The second-order valence-corrected chi connectivity index (χ2v) is 4.21. The molecule has 0 bridgehead atoms. The molecule has 1 atom stereocenters. The Morgan fingerprint density at radius 3 is 2.29 bits per heavy atom. The minimum atomic E-state index is -0.852. The van der Waals surface area contributed by atoms with E-state index in [4.69, 9.17) is 5.11 Å². The maximum Gasteiger partial charge on any atom is 0.310 e. The Morgan fingerprint density at radius 2 is 1.82 bits per heavy atom. The summed E-state index contributed by atoms with van der Waals surface area (Å²) in [7, 11) is 0. The monoisotopic (exact) mass is 234 g/mol. The summed E-state index contributed by atoms with van der Waals surface area (Å²) >= 11 is 0. The first kappa shape index (κ1) is 13.4. The predicted molar refractivity (Wildman–Crippen MR) is 66.3 cm³/mol. The Bertz CT molecular complexity index is 392. The molecule has 0 aliphatic heterocycles. The van der Waals surface area contributed by atoms with Gasteiger partial charge in [0.2, 0.25) is 0 Å². The lowest BCUT2D eigenvalue weighted by Crippen LogP contribution is -2.07. The standard InChI is InChI=1S/C14H18O3/c1-3-4-5-13(15)12-8-6-11(7-9-12)10(2)14(16)17/h6-10H,3-5H2,1-2H3,(H,16,17). The molecule has 1 unspecified atom stereocenters. The molecule has 1 N–H and O–H groups in total. The number of ketones is 1. The minimum Gasteiger partial charge on any atom is -0.481 e. The molecule has 3 nitrogen and oxygen atoms in total. The van der Waals surface area contributed by atoms with Gasteiger partial charge in [0.25, 0.3) is 0 Å². The van der Waals surface area contributed by atoms with Gasteiger partial charge in [-0.1, -0.05) is 37.6 Å². The number of Topliss-reactive ketones (excluding diaryl/α,β-unsaturated/α-hetero) is 1. The van der Waals surface area contributed by atoms with Crippen LogP contribution in [0.15, 0.2) is 24.3 Å². The van der Waals surface area contributed by atoms with Crippen molar-refractivity contribution in [1.29, 1.82) is 0 Å². The number of rotatable bonds is 6. The van der Waals surface area contributed by atoms with Crippen LogP contribution >= 0.6 is 0 Å². The van der Waals surface area contributed by atoms with E-state index in [-0.39, 0.29) is 5.78 Å². The lowest BCUT2D eigenvalue weighted by molar-refractivity contribution is -0.138. The lowest BCUT2D eigenvalue weighted by Gasteiger charge is -2.07. The first-order chi connectivity index (χ1) is 8.06. The molecule has 0 saturated heterocycles. The molecule has 0 aromatic heterocycles. The average molecular weight is 234 g/mol. The third-order valence-corrected chi connectivity index (χ3v) is 2.86. The highest BCUT2D eigenvalue weighted by atomic mass is 16.4. The van der Waals surface area contributed by atoms with Gasteiger partial charge < -0.3 is 5.11 Å². The van der Waals surface area contributed by atoms with Gasteiger partial charge >= 0.3 is 5.97 Å². The van der Waals surface area contributed by atoms with Crippen LogP contribution in [-0.4, -0.2) is 16.9 Å². The van der Waals surface area contributed by atoms with Gasteiger partial charge in [0.1, 0.15) is 0 Å². The normalized spacial score (nSPS) is 12.1. The topological polar surface area (TPSA) is 54.4 Å². The lowest BCUT2D eigenvalue weighted by atomic mass is 9.98. The fourth-order valence-corrected chi connectivity index (χ4v) is 1.58. The minimum absolute atomic E-state index is 0.126. The number of hydrogen-bond acceptors (Lipinski definition) is 2. The van der Waals surface area contributed by atoms with E-state index in [0.717, 1.165) is 18.4 Å². The fraction of sp³-hybridized carbons (Fsp3) is 0.429. The number of unbranched alkanes of at least 4 members (excludes halogenated alkanes) is 1. The van der Waals surface area contributed by atoms with E-state index in [0.29, 0.717) is 12.0 Å². The smallest absolute Gasteiger partial charge is 0.310 e. The first-order valence-corrected chi connectivity index (χ1v) is 5.92. The third kappa shape index (κ3) is 3.70. The summed E-state index contributed by atoms with van der Waals surface area (Å²) < 4.78 is 0. The first-order valence-electron chi connectivity index (χ1n) is 5.92. The average Bonchev–Trinajstić information content (AvgIpc) is 2.35. The van der Waals surface area contributed by atoms with Crippen LogP contribution < -0.4 is 0 Å². The second kappa shape index (κ2) is 6.18. The Hall–Kier alpha value is -1.64. The highest BCUT2D eigenvalue weighted by Crippen LogP contribution is 2.17. The zero-order chi connectivity index (χ0) is 12.8. The summed E-state index contributed by atoms with van der Waals surface area (Å²) in [4.78, 5) is 22.5. The summed E-state index contributed by atoms with van der Waals surface area (Å²) in [5, 5.41) is 8.86. The molecule has 0 amide bonds. The molecule has 3 heteroatoms. The van der Waals surface area contributed by atoms with Crippen LogP contribution in [0.25, 0.3) is 0 Å². The van der Waals surface area contributed by atoms with Crippen LogP contribution in [0.4, 0.5) is 0 Å². The molecule has 0 aliphatic carbocycles. The number of carbonyl (C=O) groups excluding carboxylic acids is 1. The number of benzene rings is 1. The number of carboxylic acids is 1. The highest BCUT2D eigenvalue weighted by molar-refractivity contribution is 5.96. The van der Waals surface area contributed by atoms with Gasteiger partial charge in [-0.25, -0.2) is 0 Å². The quantitative estimate of drug-likeness (QED) is 0.769. The van der Waals surface area contributed by atoms with Gasteiger partial charge in [-0.2, -0.15) is 0 Å². The molecule has 0 radical (unpaired) electrons. The molecular weight excluding hydrogens is 216 g/mol. The molecule has 0 saturated carbocycles. The molecular formula is C14H18O3. The summed E-state index contributed by atoms with van der Waals surface area (Å²) in [6.45, 7) is 3.68. The zero-order valence-electron chi connectivity index (χ0n) is 10.3. The van der Waals surface area contributed by atoms with E-state index in [1.165, 1.54) is 0 Å². The third-order valence-electron chi connectivity index (χ3n) is 2.86.